The largest absolute Gasteiger partial charge is 0.491 e. The molecule has 0 atom stereocenters. The highest BCUT2D eigenvalue weighted by atomic mass is 32.2. The molecule has 1 saturated carbocycles. The average molecular weight is 376 g/mol. The number of nitrogens with zero attached hydrogens (tertiary/aromatic N) is 2. The third-order valence-corrected chi connectivity index (χ3v) is 5.49. The summed E-state index contributed by atoms with van der Waals surface area (Å²) < 4.78 is 32.9. The van der Waals surface area contributed by atoms with Gasteiger partial charge in [-0.05, 0) is 63.1 Å². The molecule has 8 heteroatoms. The van der Waals surface area contributed by atoms with E-state index in [0.29, 0.717) is 17.6 Å². The Morgan fingerprint density at radius 3 is 2.19 bits per heavy atom. The zero-order valence-corrected chi connectivity index (χ0v) is 15.8. The van der Waals surface area contributed by atoms with Crippen molar-refractivity contribution in [3.8, 4) is 5.75 Å². The van der Waals surface area contributed by atoms with Gasteiger partial charge in [-0.25, -0.2) is 8.42 Å². The van der Waals surface area contributed by atoms with Crippen LogP contribution in [0, 0.1) is 0 Å². The molecule has 1 aromatic heterocycles. The Kier molecular flexibility index (Phi) is 5.61. The van der Waals surface area contributed by atoms with E-state index in [-0.39, 0.29) is 16.8 Å². The molecular formula is C18H24N4O3S. The number of rotatable bonds is 7. The van der Waals surface area contributed by atoms with Crippen LogP contribution in [0.3, 0.4) is 0 Å². The summed E-state index contributed by atoms with van der Waals surface area (Å²) >= 11 is 0. The van der Waals surface area contributed by atoms with E-state index in [0.717, 1.165) is 12.8 Å². The summed E-state index contributed by atoms with van der Waals surface area (Å²) in [7, 11) is -3.72. The minimum absolute atomic E-state index is 0.0298. The highest BCUT2D eigenvalue weighted by Gasteiger charge is 2.17. The minimum atomic E-state index is -3.72. The van der Waals surface area contributed by atoms with E-state index in [9.17, 15) is 8.42 Å². The van der Waals surface area contributed by atoms with Gasteiger partial charge in [0.1, 0.15) is 11.6 Å². The molecule has 0 amide bonds. The summed E-state index contributed by atoms with van der Waals surface area (Å²) in [6.45, 7) is 3.83. The molecule has 7 nitrogen and oxygen atoms in total. The second kappa shape index (κ2) is 7.90. The van der Waals surface area contributed by atoms with Crippen molar-refractivity contribution in [2.24, 2.45) is 0 Å². The van der Waals surface area contributed by atoms with E-state index in [1.54, 1.807) is 24.3 Å². The predicted octanol–water partition coefficient (Wildman–Crippen LogP) is 3.42. The first-order valence-corrected chi connectivity index (χ1v) is 10.3. The SMILES string of the molecule is CC(C)Oc1ccc(S(=O)(=O)Nc2ccc(NC3CCCC3)nn2)cc1. The van der Waals surface area contributed by atoms with E-state index in [1.807, 2.05) is 13.8 Å². The zero-order chi connectivity index (χ0) is 18.6. The third kappa shape index (κ3) is 4.85. The highest BCUT2D eigenvalue weighted by Crippen LogP contribution is 2.22. The molecule has 0 aliphatic heterocycles. The smallest absolute Gasteiger partial charge is 0.263 e. The number of hydrogen-bond acceptors (Lipinski definition) is 6. The van der Waals surface area contributed by atoms with Crippen LogP contribution in [0.2, 0.25) is 0 Å². The van der Waals surface area contributed by atoms with E-state index in [4.69, 9.17) is 4.74 Å². The summed E-state index contributed by atoms with van der Waals surface area (Å²) in [5.41, 5.74) is 0. The molecular weight excluding hydrogens is 352 g/mol. The summed E-state index contributed by atoms with van der Waals surface area (Å²) in [6.07, 6.45) is 4.75. The molecule has 0 radical (unpaired) electrons. The van der Waals surface area contributed by atoms with Gasteiger partial charge in [-0.2, -0.15) is 0 Å². The number of ether oxygens (including phenoxy) is 1. The molecule has 1 aromatic carbocycles. The molecule has 0 saturated heterocycles. The normalized spacial score (nSPS) is 15.2. The lowest BCUT2D eigenvalue weighted by atomic mass is 10.2. The van der Waals surface area contributed by atoms with Crippen molar-refractivity contribution in [3.63, 3.8) is 0 Å². The predicted molar refractivity (Wildman–Crippen MR) is 101 cm³/mol. The third-order valence-electron chi connectivity index (χ3n) is 4.12. The maximum atomic E-state index is 12.5. The van der Waals surface area contributed by atoms with Crippen LogP contribution in [0.15, 0.2) is 41.3 Å². The monoisotopic (exact) mass is 376 g/mol. The van der Waals surface area contributed by atoms with E-state index >= 15 is 0 Å². The first-order valence-electron chi connectivity index (χ1n) is 8.82. The Morgan fingerprint density at radius 2 is 1.62 bits per heavy atom. The maximum absolute atomic E-state index is 12.5. The van der Waals surface area contributed by atoms with Gasteiger partial charge in [0.05, 0.1) is 11.0 Å². The molecule has 26 heavy (non-hydrogen) atoms. The number of anilines is 2. The van der Waals surface area contributed by atoms with Crippen molar-refractivity contribution in [2.45, 2.75) is 56.6 Å². The van der Waals surface area contributed by atoms with Gasteiger partial charge < -0.3 is 10.1 Å². The van der Waals surface area contributed by atoms with Crippen LogP contribution in [-0.2, 0) is 10.0 Å². The lowest BCUT2D eigenvalue weighted by molar-refractivity contribution is 0.242. The lowest BCUT2D eigenvalue weighted by Crippen LogP contribution is -2.17. The van der Waals surface area contributed by atoms with Gasteiger partial charge in [0.25, 0.3) is 10.0 Å². The van der Waals surface area contributed by atoms with Crippen molar-refractivity contribution >= 4 is 21.7 Å². The molecule has 140 valence electrons. The van der Waals surface area contributed by atoms with Crippen molar-refractivity contribution in [3.05, 3.63) is 36.4 Å². The first kappa shape index (κ1) is 18.4. The van der Waals surface area contributed by atoms with Gasteiger partial charge in [-0.15, -0.1) is 10.2 Å². The number of nitrogens with one attached hydrogen (secondary N) is 2. The topological polar surface area (TPSA) is 93.2 Å². The average Bonchev–Trinajstić information content (AvgIpc) is 3.09. The van der Waals surface area contributed by atoms with Gasteiger partial charge in [-0.1, -0.05) is 12.8 Å². The number of sulfonamides is 1. The zero-order valence-electron chi connectivity index (χ0n) is 15.0. The lowest BCUT2D eigenvalue weighted by Gasteiger charge is -2.13. The fourth-order valence-electron chi connectivity index (χ4n) is 2.91. The van der Waals surface area contributed by atoms with Gasteiger partial charge in [0.15, 0.2) is 5.82 Å². The molecule has 2 N–H and O–H groups in total. The van der Waals surface area contributed by atoms with E-state index in [2.05, 4.69) is 20.2 Å². The van der Waals surface area contributed by atoms with Gasteiger partial charge in [0.2, 0.25) is 0 Å². The molecule has 2 aromatic rings. The number of benzene rings is 1. The van der Waals surface area contributed by atoms with Crippen LogP contribution in [0.1, 0.15) is 39.5 Å². The van der Waals surface area contributed by atoms with E-state index in [1.165, 1.54) is 25.0 Å². The Hall–Kier alpha value is -2.35. The fraction of sp³-hybridized carbons (Fsp3) is 0.444. The van der Waals surface area contributed by atoms with Gasteiger partial charge in [0, 0.05) is 6.04 Å². The summed E-state index contributed by atoms with van der Waals surface area (Å²) in [5, 5.41) is 11.3. The molecule has 0 spiro atoms. The minimum Gasteiger partial charge on any atom is -0.491 e. The highest BCUT2D eigenvalue weighted by molar-refractivity contribution is 7.92. The van der Waals surface area contributed by atoms with Crippen LogP contribution < -0.4 is 14.8 Å². The molecule has 1 heterocycles. The van der Waals surface area contributed by atoms with Crippen molar-refractivity contribution in [2.75, 3.05) is 10.0 Å². The van der Waals surface area contributed by atoms with Gasteiger partial charge in [-0.3, -0.25) is 4.72 Å². The quantitative estimate of drug-likeness (QED) is 0.769. The Labute approximate surface area is 154 Å². The molecule has 0 unspecified atom stereocenters. The molecule has 1 aliphatic rings. The standard InChI is InChI=1S/C18H24N4O3S/c1-13(2)25-15-7-9-16(10-8-15)26(23,24)22-18-12-11-17(20-21-18)19-14-5-3-4-6-14/h7-14H,3-6H2,1-2H3,(H,19,20)(H,21,22). The second-order valence-electron chi connectivity index (χ2n) is 6.67. The van der Waals surface area contributed by atoms with Crippen LogP contribution in [0.25, 0.3) is 0 Å². The Bertz CT molecular complexity index is 815. The summed E-state index contributed by atoms with van der Waals surface area (Å²) in [4.78, 5) is 0.142. The van der Waals surface area contributed by atoms with Gasteiger partial charge >= 0.3 is 0 Å². The number of hydrogen-bond donors (Lipinski definition) is 2. The maximum Gasteiger partial charge on any atom is 0.263 e. The van der Waals surface area contributed by atoms with Crippen molar-refractivity contribution in [1.82, 2.24) is 10.2 Å². The first-order chi connectivity index (χ1) is 12.4. The van der Waals surface area contributed by atoms with Crippen LogP contribution >= 0.6 is 0 Å². The Morgan fingerprint density at radius 1 is 1.00 bits per heavy atom. The fourth-order valence-corrected chi connectivity index (χ4v) is 3.91. The second-order valence-corrected chi connectivity index (χ2v) is 8.36. The van der Waals surface area contributed by atoms with Crippen LogP contribution in [-0.4, -0.2) is 30.8 Å². The summed E-state index contributed by atoms with van der Waals surface area (Å²) in [5.74, 6) is 1.47. The Balaban J connectivity index is 1.64. The molecule has 1 aliphatic carbocycles. The molecule has 3 rings (SSSR count). The molecule has 0 bridgehead atoms. The summed E-state index contributed by atoms with van der Waals surface area (Å²) in [6, 6.07) is 10.1. The number of aromatic nitrogens is 2. The van der Waals surface area contributed by atoms with Crippen LogP contribution in [0.4, 0.5) is 11.6 Å². The molecule has 1 fully saturated rings. The van der Waals surface area contributed by atoms with Crippen molar-refractivity contribution < 1.29 is 13.2 Å². The van der Waals surface area contributed by atoms with Crippen LogP contribution in [0.5, 0.6) is 5.75 Å². The van der Waals surface area contributed by atoms with Crippen molar-refractivity contribution in [1.29, 1.82) is 0 Å². The van der Waals surface area contributed by atoms with E-state index < -0.39 is 10.0 Å².